The van der Waals surface area contributed by atoms with Crippen molar-refractivity contribution in [1.82, 2.24) is 4.98 Å². The molecule has 1 aromatic rings. The molecule has 0 aliphatic heterocycles. The van der Waals surface area contributed by atoms with Gasteiger partial charge in [-0.05, 0) is 24.8 Å². The first-order valence-corrected chi connectivity index (χ1v) is 5.92. The van der Waals surface area contributed by atoms with Crippen molar-refractivity contribution < 1.29 is 4.92 Å². The van der Waals surface area contributed by atoms with Crippen LogP contribution in [0.2, 0.25) is 0 Å². The highest BCUT2D eigenvalue weighted by Crippen LogP contribution is 2.21. The van der Waals surface area contributed by atoms with Crippen LogP contribution in [0.4, 0.5) is 11.5 Å². The Balaban J connectivity index is 2.97. The molecule has 0 spiro atoms. The maximum absolute atomic E-state index is 10.9. The molecule has 0 atom stereocenters. The molecule has 0 saturated carbocycles. The molecule has 5 nitrogen and oxygen atoms in total. The van der Waals surface area contributed by atoms with Crippen molar-refractivity contribution in [3.63, 3.8) is 0 Å². The summed E-state index contributed by atoms with van der Waals surface area (Å²) >= 11 is 0. The van der Waals surface area contributed by atoms with E-state index in [0.717, 1.165) is 13.0 Å². The molecule has 17 heavy (non-hydrogen) atoms. The van der Waals surface area contributed by atoms with Crippen LogP contribution in [0.3, 0.4) is 0 Å². The Hall–Kier alpha value is -1.65. The Morgan fingerprint density at radius 1 is 1.47 bits per heavy atom. The number of aromatic nitrogens is 1. The van der Waals surface area contributed by atoms with Gasteiger partial charge in [-0.1, -0.05) is 20.8 Å². The molecular weight excluding hydrogens is 218 g/mol. The quantitative estimate of drug-likeness (QED) is 0.610. The van der Waals surface area contributed by atoms with Crippen LogP contribution < -0.4 is 5.32 Å². The second-order valence-corrected chi connectivity index (χ2v) is 4.44. The van der Waals surface area contributed by atoms with E-state index in [1.54, 1.807) is 6.07 Å². The minimum Gasteiger partial charge on any atom is -0.370 e. The van der Waals surface area contributed by atoms with Gasteiger partial charge in [0.2, 0.25) is 0 Å². The van der Waals surface area contributed by atoms with Gasteiger partial charge in [-0.2, -0.15) is 0 Å². The molecule has 0 aliphatic rings. The van der Waals surface area contributed by atoms with Crippen LogP contribution in [-0.2, 0) is 6.42 Å². The number of nitrogens with zero attached hydrogens (tertiary/aromatic N) is 2. The van der Waals surface area contributed by atoms with Crippen LogP contribution in [0.1, 0.15) is 32.9 Å². The number of hydrogen-bond donors (Lipinski definition) is 1. The molecule has 0 fully saturated rings. The van der Waals surface area contributed by atoms with E-state index in [2.05, 4.69) is 17.2 Å². The molecule has 0 aliphatic carbocycles. The molecule has 0 bridgehead atoms. The van der Waals surface area contributed by atoms with Crippen LogP contribution >= 0.6 is 0 Å². The molecule has 1 N–H and O–H groups in total. The number of hydrogen-bond acceptors (Lipinski definition) is 4. The molecule has 5 heteroatoms. The van der Waals surface area contributed by atoms with Crippen molar-refractivity contribution in [3.05, 3.63) is 27.9 Å². The normalized spacial score (nSPS) is 10.6. The molecule has 1 aromatic heterocycles. The fourth-order valence-electron chi connectivity index (χ4n) is 1.55. The summed E-state index contributed by atoms with van der Waals surface area (Å²) in [5.74, 6) is 1.07. The Labute approximate surface area is 101 Å². The van der Waals surface area contributed by atoms with Gasteiger partial charge in [-0.15, -0.1) is 0 Å². The van der Waals surface area contributed by atoms with Crippen LogP contribution in [0.15, 0.2) is 12.1 Å². The highest BCUT2D eigenvalue weighted by atomic mass is 16.6. The van der Waals surface area contributed by atoms with E-state index in [-0.39, 0.29) is 10.6 Å². The zero-order valence-electron chi connectivity index (χ0n) is 10.6. The molecule has 0 saturated heterocycles. The van der Waals surface area contributed by atoms with E-state index in [4.69, 9.17) is 0 Å². The zero-order valence-corrected chi connectivity index (χ0v) is 10.6. The first-order chi connectivity index (χ1) is 8.04. The van der Waals surface area contributed by atoms with Gasteiger partial charge in [0.15, 0.2) is 0 Å². The van der Waals surface area contributed by atoms with E-state index in [1.807, 2.05) is 13.8 Å². The van der Waals surface area contributed by atoms with Crippen LogP contribution in [0.5, 0.6) is 0 Å². The van der Waals surface area contributed by atoms with Gasteiger partial charge in [0.25, 0.3) is 5.69 Å². The number of nitro groups is 1. The van der Waals surface area contributed by atoms with Crippen LogP contribution in [0.25, 0.3) is 0 Å². The Morgan fingerprint density at radius 3 is 2.71 bits per heavy atom. The predicted octanol–water partition coefficient (Wildman–Crippen LogP) is 3.01. The summed E-state index contributed by atoms with van der Waals surface area (Å²) < 4.78 is 0. The van der Waals surface area contributed by atoms with Crippen molar-refractivity contribution in [2.45, 2.75) is 33.6 Å². The molecule has 94 valence electrons. The number of pyridine rings is 1. The van der Waals surface area contributed by atoms with Gasteiger partial charge in [0.05, 0.1) is 4.92 Å². The number of rotatable bonds is 6. The second kappa shape index (κ2) is 6.18. The van der Waals surface area contributed by atoms with Crippen LogP contribution in [0, 0.1) is 16.0 Å². The zero-order chi connectivity index (χ0) is 12.8. The summed E-state index contributed by atoms with van der Waals surface area (Å²) in [4.78, 5) is 14.8. The average Bonchev–Trinajstić information content (AvgIpc) is 2.25. The predicted molar refractivity (Wildman–Crippen MR) is 68.2 cm³/mol. The van der Waals surface area contributed by atoms with E-state index in [1.165, 1.54) is 6.07 Å². The molecule has 1 heterocycles. The third-order valence-electron chi connectivity index (χ3n) is 2.30. The smallest absolute Gasteiger partial charge is 0.290 e. The third-order valence-corrected chi connectivity index (χ3v) is 2.30. The van der Waals surface area contributed by atoms with Gasteiger partial charge < -0.3 is 5.32 Å². The van der Waals surface area contributed by atoms with E-state index < -0.39 is 0 Å². The van der Waals surface area contributed by atoms with Gasteiger partial charge in [0, 0.05) is 12.6 Å². The Bertz CT molecular complexity index is 391. The van der Waals surface area contributed by atoms with Crippen molar-refractivity contribution >= 4 is 11.5 Å². The highest BCUT2D eigenvalue weighted by molar-refractivity contribution is 5.45. The molecule has 0 amide bonds. The lowest BCUT2D eigenvalue weighted by Crippen LogP contribution is -2.07. The topological polar surface area (TPSA) is 68.1 Å². The average molecular weight is 237 g/mol. The standard InChI is InChI=1S/C12H19N3O2/c1-4-7-13-12-6-5-11(15(16)17)10(14-12)8-9(2)3/h5-6,9H,4,7-8H2,1-3H3,(H,13,14). The largest absolute Gasteiger partial charge is 0.370 e. The van der Waals surface area contributed by atoms with Gasteiger partial charge >= 0.3 is 0 Å². The van der Waals surface area contributed by atoms with Crippen molar-refractivity contribution in [2.24, 2.45) is 5.92 Å². The molecular formula is C12H19N3O2. The fraction of sp³-hybridized carbons (Fsp3) is 0.583. The van der Waals surface area contributed by atoms with Crippen molar-refractivity contribution in [2.75, 3.05) is 11.9 Å². The lowest BCUT2D eigenvalue weighted by molar-refractivity contribution is -0.386. The molecule has 0 unspecified atom stereocenters. The van der Waals surface area contributed by atoms with Gasteiger partial charge in [-0.25, -0.2) is 4.98 Å². The van der Waals surface area contributed by atoms with Crippen LogP contribution in [-0.4, -0.2) is 16.5 Å². The molecule has 1 rings (SSSR count). The summed E-state index contributed by atoms with van der Waals surface area (Å²) in [6.07, 6.45) is 1.62. The molecule has 0 aromatic carbocycles. The lowest BCUT2D eigenvalue weighted by Gasteiger charge is -2.08. The summed E-state index contributed by atoms with van der Waals surface area (Å²) in [7, 11) is 0. The number of anilines is 1. The van der Waals surface area contributed by atoms with Crippen molar-refractivity contribution in [3.8, 4) is 0 Å². The van der Waals surface area contributed by atoms with Crippen molar-refractivity contribution in [1.29, 1.82) is 0 Å². The van der Waals surface area contributed by atoms with Gasteiger partial charge in [0.1, 0.15) is 11.5 Å². The first-order valence-electron chi connectivity index (χ1n) is 5.92. The van der Waals surface area contributed by atoms with E-state index in [0.29, 0.717) is 23.9 Å². The first kappa shape index (κ1) is 13.4. The summed E-state index contributed by atoms with van der Waals surface area (Å²) in [6.45, 7) is 6.94. The SMILES string of the molecule is CCCNc1ccc([N+](=O)[O-])c(CC(C)C)n1. The lowest BCUT2D eigenvalue weighted by atomic mass is 10.1. The summed E-state index contributed by atoms with van der Waals surface area (Å²) in [5, 5.41) is 14.0. The number of nitrogens with one attached hydrogen (secondary N) is 1. The summed E-state index contributed by atoms with van der Waals surface area (Å²) in [6, 6.07) is 3.19. The molecule has 0 radical (unpaired) electrons. The Kier molecular flexibility index (Phi) is 4.87. The highest BCUT2D eigenvalue weighted by Gasteiger charge is 2.16. The monoisotopic (exact) mass is 237 g/mol. The summed E-state index contributed by atoms with van der Waals surface area (Å²) in [5.41, 5.74) is 0.673. The van der Waals surface area contributed by atoms with E-state index in [9.17, 15) is 10.1 Å². The van der Waals surface area contributed by atoms with E-state index >= 15 is 0 Å². The minimum absolute atomic E-state index is 0.112. The minimum atomic E-state index is -0.367. The second-order valence-electron chi connectivity index (χ2n) is 4.44. The maximum Gasteiger partial charge on any atom is 0.290 e. The maximum atomic E-state index is 10.9. The Morgan fingerprint density at radius 2 is 2.18 bits per heavy atom. The third kappa shape index (κ3) is 4.01. The fourth-order valence-corrected chi connectivity index (χ4v) is 1.55. The van der Waals surface area contributed by atoms with Gasteiger partial charge in [-0.3, -0.25) is 10.1 Å².